The summed E-state index contributed by atoms with van der Waals surface area (Å²) < 4.78 is 25.1. The van der Waals surface area contributed by atoms with Crippen LogP contribution < -0.4 is 10.0 Å². The molecular formula is C20H20N2O3S. The van der Waals surface area contributed by atoms with Gasteiger partial charge in [-0.15, -0.1) is 0 Å². The largest absolute Gasteiger partial charge is 0.345 e. The Bertz CT molecular complexity index is 1060. The second-order valence-electron chi connectivity index (χ2n) is 6.22. The summed E-state index contributed by atoms with van der Waals surface area (Å²) in [5.41, 5.74) is 1.78. The number of anilines is 1. The zero-order valence-electron chi connectivity index (χ0n) is 14.6. The fourth-order valence-electron chi connectivity index (χ4n) is 2.92. The molecule has 0 radical (unpaired) electrons. The van der Waals surface area contributed by atoms with Gasteiger partial charge in [0.25, 0.3) is 5.91 Å². The summed E-state index contributed by atoms with van der Waals surface area (Å²) in [7, 11) is -3.39. The highest BCUT2D eigenvalue weighted by Crippen LogP contribution is 2.24. The van der Waals surface area contributed by atoms with E-state index in [1.165, 1.54) is 6.07 Å². The maximum atomic E-state index is 12.6. The van der Waals surface area contributed by atoms with Gasteiger partial charge in [-0.25, -0.2) is 8.42 Å². The number of hydrogen-bond acceptors (Lipinski definition) is 3. The van der Waals surface area contributed by atoms with E-state index in [2.05, 4.69) is 10.0 Å². The monoisotopic (exact) mass is 368 g/mol. The van der Waals surface area contributed by atoms with Crippen LogP contribution in [0.4, 0.5) is 5.69 Å². The molecule has 0 heterocycles. The number of hydrogen-bond donors (Lipinski definition) is 2. The van der Waals surface area contributed by atoms with Gasteiger partial charge in [0, 0.05) is 11.3 Å². The third kappa shape index (κ3) is 4.21. The number of fused-ring (bicyclic) bond motifs is 1. The Labute approximate surface area is 153 Å². The average molecular weight is 368 g/mol. The van der Waals surface area contributed by atoms with E-state index in [1.54, 1.807) is 18.2 Å². The molecule has 0 spiro atoms. The number of amides is 1. The van der Waals surface area contributed by atoms with Gasteiger partial charge < -0.3 is 5.32 Å². The van der Waals surface area contributed by atoms with Gasteiger partial charge in [-0.1, -0.05) is 48.5 Å². The van der Waals surface area contributed by atoms with Crippen molar-refractivity contribution in [1.82, 2.24) is 5.32 Å². The van der Waals surface area contributed by atoms with E-state index >= 15 is 0 Å². The molecule has 3 aromatic carbocycles. The van der Waals surface area contributed by atoms with E-state index in [0.717, 1.165) is 22.6 Å². The standard InChI is InChI=1S/C20H20N2O3S/c1-14(18-12-6-8-15-7-3-4-11-19(15)18)21-20(23)16-9-5-10-17(13-16)22-26(2,24)25/h3-14,22H,1-2H3,(H,21,23)/t14-/m0/s1. The van der Waals surface area contributed by atoms with Crippen molar-refractivity contribution in [2.24, 2.45) is 0 Å². The number of benzene rings is 3. The second-order valence-corrected chi connectivity index (χ2v) is 7.97. The molecule has 3 aromatic rings. The Morgan fingerprint density at radius 2 is 1.65 bits per heavy atom. The predicted molar refractivity (Wildman–Crippen MR) is 105 cm³/mol. The predicted octanol–water partition coefficient (Wildman–Crippen LogP) is 3.70. The van der Waals surface area contributed by atoms with Crippen molar-refractivity contribution in [1.29, 1.82) is 0 Å². The molecule has 1 atom stereocenters. The van der Waals surface area contributed by atoms with Gasteiger partial charge in [-0.3, -0.25) is 9.52 Å². The maximum absolute atomic E-state index is 12.6. The van der Waals surface area contributed by atoms with Crippen LogP contribution in [0.5, 0.6) is 0 Å². The quantitative estimate of drug-likeness (QED) is 0.721. The summed E-state index contributed by atoms with van der Waals surface area (Å²) in [5, 5.41) is 5.19. The number of carbonyl (C=O) groups is 1. The summed E-state index contributed by atoms with van der Waals surface area (Å²) in [4.78, 5) is 12.6. The van der Waals surface area contributed by atoms with Gasteiger partial charge >= 0.3 is 0 Å². The first-order chi connectivity index (χ1) is 12.3. The first-order valence-electron chi connectivity index (χ1n) is 8.20. The molecule has 0 aliphatic heterocycles. The molecule has 26 heavy (non-hydrogen) atoms. The Morgan fingerprint density at radius 1 is 0.962 bits per heavy atom. The van der Waals surface area contributed by atoms with E-state index in [4.69, 9.17) is 0 Å². The Hall–Kier alpha value is -2.86. The van der Waals surface area contributed by atoms with Crippen LogP contribution in [0.1, 0.15) is 28.9 Å². The molecule has 5 nitrogen and oxygen atoms in total. The van der Waals surface area contributed by atoms with Crippen molar-refractivity contribution in [2.45, 2.75) is 13.0 Å². The van der Waals surface area contributed by atoms with E-state index < -0.39 is 10.0 Å². The molecule has 0 saturated carbocycles. The molecule has 134 valence electrons. The van der Waals surface area contributed by atoms with Crippen LogP contribution in [0.2, 0.25) is 0 Å². The van der Waals surface area contributed by atoms with Gasteiger partial charge in [0.15, 0.2) is 0 Å². The van der Waals surface area contributed by atoms with Gasteiger partial charge in [-0.2, -0.15) is 0 Å². The first kappa shape index (κ1) is 17.9. The fraction of sp³-hybridized carbons (Fsp3) is 0.150. The van der Waals surface area contributed by atoms with E-state index in [0.29, 0.717) is 11.3 Å². The summed E-state index contributed by atoms with van der Waals surface area (Å²) in [6, 6.07) is 20.2. The van der Waals surface area contributed by atoms with Gasteiger partial charge in [0.05, 0.1) is 12.3 Å². The maximum Gasteiger partial charge on any atom is 0.251 e. The number of sulfonamides is 1. The van der Waals surface area contributed by atoms with Crippen molar-refractivity contribution in [3.63, 3.8) is 0 Å². The van der Waals surface area contributed by atoms with Crippen molar-refractivity contribution < 1.29 is 13.2 Å². The highest BCUT2D eigenvalue weighted by Gasteiger charge is 2.14. The number of nitrogens with one attached hydrogen (secondary N) is 2. The molecule has 3 rings (SSSR count). The average Bonchev–Trinajstić information content (AvgIpc) is 2.60. The molecular weight excluding hydrogens is 348 g/mol. The SMILES string of the molecule is C[C@H](NC(=O)c1cccc(NS(C)(=O)=O)c1)c1cccc2ccccc12. The van der Waals surface area contributed by atoms with Crippen LogP contribution in [0.25, 0.3) is 10.8 Å². The second kappa shape index (κ2) is 7.17. The van der Waals surface area contributed by atoms with Crippen molar-refractivity contribution in [2.75, 3.05) is 11.0 Å². The van der Waals surface area contributed by atoms with Crippen molar-refractivity contribution in [3.8, 4) is 0 Å². The van der Waals surface area contributed by atoms with E-state index in [1.807, 2.05) is 49.4 Å². The molecule has 0 bridgehead atoms. The lowest BCUT2D eigenvalue weighted by atomic mass is 9.99. The van der Waals surface area contributed by atoms with Crippen LogP contribution in [0, 0.1) is 0 Å². The topological polar surface area (TPSA) is 75.3 Å². The number of rotatable bonds is 5. The zero-order valence-corrected chi connectivity index (χ0v) is 15.4. The minimum atomic E-state index is -3.39. The molecule has 6 heteroatoms. The van der Waals surface area contributed by atoms with Gasteiger partial charge in [-0.05, 0) is 41.5 Å². The minimum Gasteiger partial charge on any atom is -0.345 e. The molecule has 0 unspecified atom stereocenters. The van der Waals surface area contributed by atoms with E-state index in [9.17, 15) is 13.2 Å². The highest BCUT2D eigenvalue weighted by atomic mass is 32.2. The minimum absolute atomic E-state index is 0.194. The smallest absolute Gasteiger partial charge is 0.251 e. The molecule has 0 saturated heterocycles. The first-order valence-corrected chi connectivity index (χ1v) is 10.1. The van der Waals surface area contributed by atoms with Crippen LogP contribution in [0.15, 0.2) is 66.7 Å². The van der Waals surface area contributed by atoms with Gasteiger partial charge in [0.1, 0.15) is 0 Å². The third-order valence-corrected chi connectivity index (χ3v) is 4.67. The summed E-state index contributed by atoms with van der Waals surface area (Å²) >= 11 is 0. The van der Waals surface area contributed by atoms with Gasteiger partial charge in [0.2, 0.25) is 10.0 Å². The third-order valence-electron chi connectivity index (χ3n) is 4.07. The normalized spacial score (nSPS) is 12.5. The Kier molecular flexibility index (Phi) is 4.95. The van der Waals surface area contributed by atoms with Crippen LogP contribution in [-0.4, -0.2) is 20.6 Å². The Balaban J connectivity index is 1.82. The summed E-state index contributed by atoms with van der Waals surface area (Å²) in [6.45, 7) is 1.93. The van der Waals surface area contributed by atoms with Crippen molar-refractivity contribution >= 4 is 32.4 Å². The fourth-order valence-corrected chi connectivity index (χ4v) is 3.48. The molecule has 1 amide bonds. The molecule has 0 aromatic heterocycles. The van der Waals surface area contributed by atoms with Crippen LogP contribution in [-0.2, 0) is 10.0 Å². The van der Waals surface area contributed by atoms with Crippen LogP contribution >= 0.6 is 0 Å². The van der Waals surface area contributed by atoms with Crippen LogP contribution in [0.3, 0.4) is 0 Å². The van der Waals surface area contributed by atoms with Crippen molar-refractivity contribution in [3.05, 3.63) is 77.9 Å². The summed E-state index contributed by atoms with van der Waals surface area (Å²) in [6.07, 6.45) is 1.07. The lowest BCUT2D eigenvalue weighted by Crippen LogP contribution is -2.26. The highest BCUT2D eigenvalue weighted by molar-refractivity contribution is 7.92. The zero-order chi connectivity index (χ0) is 18.7. The lowest BCUT2D eigenvalue weighted by Gasteiger charge is -2.17. The Morgan fingerprint density at radius 3 is 2.42 bits per heavy atom. The van der Waals surface area contributed by atoms with E-state index in [-0.39, 0.29) is 11.9 Å². The number of carbonyl (C=O) groups excluding carboxylic acids is 1. The molecule has 0 fully saturated rings. The lowest BCUT2D eigenvalue weighted by molar-refractivity contribution is 0.0940. The molecule has 0 aliphatic carbocycles. The molecule has 2 N–H and O–H groups in total. The summed E-state index contributed by atoms with van der Waals surface area (Å²) in [5.74, 6) is -0.261. The molecule has 0 aliphatic rings.